The molecule has 3 nitrogen and oxygen atoms in total. The standard InChI is InChI=1S/C18H16F4N2O/c19-12-9-7-11(8-10-12)17(14-4-2-6-16(25)24-14)13-3-1-5-15(23-13)18(20,21)22/h1,3,5,7-10,14,17H,2,4,6H2,(H,24,25)/t14-,17+/m1/s1. The number of benzene rings is 1. The third-order valence-corrected chi connectivity index (χ3v) is 4.28. The third-order valence-electron chi connectivity index (χ3n) is 4.28. The summed E-state index contributed by atoms with van der Waals surface area (Å²) in [5.41, 5.74) is -0.173. The molecule has 0 saturated carbocycles. The van der Waals surface area contributed by atoms with Crippen molar-refractivity contribution in [2.75, 3.05) is 0 Å². The summed E-state index contributed by atoms with van der Waals surface area (Å²) in [6.45, 7) is 0. The van der Waals surface area contributed by atoms with Crippen LogP contribution < -0.4 is 5.32 Å². The number of nitrogens with zero attached hydrogens (tertiary/aromatic N) is 1. The van der Waals surface area contributed by atoms with Gasteiger partial charge in [0.2, 0.25) is 5.91 Å². The molecule has 0 unspecified atom stereocenters. The second kappa shape index (κ2) is 6.82. The second-order valence-corrected chi connectivity index (χ2v) is 6.04. The summed E-state index contributed by atoms with van der Waals surface area (Å²) < 4.78 is 52.3. The molecule has 2 aromatic rings. The lowest BCUT2D eigenvalue weighted by atomic mass is 9.83. The Morgan fingerprint density at radius 2 is 1.84 bits per heavy atom. The Labute approximate surface area is 142 Å². The molecule has 1 N–H and O–H groups in total. The third kappa shape index (κ3) is 3.97. The van der Waals surface area contributed by atoms with Crippen LogP contribution in [0.25, 0.3) is 0 Å². The molecule has 7 heteroatoms. The topological polar surface area (TPSA) is 42.0 Å². The van der Waals surface area contributed by atoms with Gasteiger partial charge in [0.25, 0.3) is 0 Å². The van der Waals surface area contributed by atoms with Crippen molar-refractivity contribution >= 4 is 5.91 Å². The predicted molar refractivity (Wildman–Crippen MR) is 83.3 cm³/mol. The number of piperidine rings is 1. The number of pyridine rings is 1. The van der Waals surface area contributed by atoms with Crippen molar-refractivity contribution in [3.8, 4) is 0 Å². The van der Waals surface area contributed by atoms with E-state index in [0.717, 1.165) is 6.07 Å². The van der Waals surface area contributed by atoms with Crippen LogP contribution in [0.5, 0.6) is 0 Å². The number of halogens is 4. The van der Waals surface area contributed by atoms with Gasteiger partial charge in [-0.2, -0.15) is 13.2 Å². The zero-order chi connectivity index (χ0) is 18.0. The Morgan fingerprint density at radius 1 is 1.12 bits per heavy atom. The number of aromatic nitrogens is 1. The fourth-order valence-electron chi connectivity index (χ4n) is 3.15. The largest absolute Gasteiger partial charge is 0.433 e. The quantitative estimate of drug-likeness (QED) is 0.847. The number of hydrogen-bond donors (Lipinski definition) is 1. The minimum atomic E-state index is -4.56. The van der Waals surface area contributed by atoms with Gasteiger partial charge in [-0.05, 0) is 42.7 Å². The van der Waals surface area contributed by atoms with Gasteiger partial charge in [0.05, 0.1) is 5.69 Å². The van der Waals surface area contributed by atoms with Gasteiger partial charge in [0.15, 0.2) is 0 Å². The average Bonchev–Trinajstić information content (AvgIpc) is 2.57. The lowest BCUT2D eigenvalue weighted by Crippen LogP contribution is -2.43. The predicted octanol–water partition coefficient (Wildman–Crippen LogP) is 4.04. The maximum Gasteiger partial charge on any atom is 0.433 e. The summed E-state index contributed by atoms with van der Waals surface area (Å²) in [7, 11) is 0. The van der Waals surface area contributed by atoms with E-state index < -0.39 is 23.6 Å². The van der Waals surface area contributed by atoms with E-state index in [4.69, 9.17) is 0 Å². The van der Waals surface area contributed by atoms with Crippen LogP contribution in [0.2, 0.25) is 0 Å². The maximum atomic E-state index is 13.2. The molecule has 1 aromatic heterocycles. The zero-order valence-corrected chi connectivity index (χ0v) is 13.2. The smallest absolute Gasteiger partial charge is 0.352 e. The van der Waals surface area contributed by atoms with E-state index in [2.05, 4.69) is 10.3 Å². The summed E-state index contributed by atoms with van der Waals surface area (Å²) >= 11 is 0. The molecule has 0 spiro atoms. The van der Waals surface area contributed by atoms with Gasteiger partial charge in [0, 0.05) is 18.4 Å². The summed E-state index contributed by atoms with van der Waals surface area (Å²) in [6, 6.07) is 8.86. The first-order valence-corrected chi connectivity index (χ1v) is 7.93. The molecule has 0 radical (unpaired) electrons. The van der Waals surface area contributed by atoms with E-state index in [1.54, 1.807) is 0 Å². The van der Waals surface area contributed by atoms with Gasteiger partial charge in [-0.15, -0.1) is 0 Å². The number of nitrogens with one attached hydrogen (secondary N) is 1. The first-order valence-electron chi connectivity index (χ1n) is 7.93. The van der Waals surface area contributed by atoms with Crippen molar-refractivity contribution in [3.63, 3.8) is 0 Å². The van der Waals surface area contributed by atoms with Crippen LogP contribution in [0.1, 0.15) is 42.1 Å². The van der Waals surface area contributed by atoms with Gasteiger partial charge in [0.1, 0.15) is 11.5 Å². The van der Waals surface area contributed by atoms with Crippen molar-refractivity contribution in [2.24, 2.45) is 0 Å². The SMILES string of the molecule is O=C1CCC[C@H]([C@@H](c2ccc(F)cc2)c2cccc(C(F)(F)F)n2)N1. The number of amides is 1. The zero-order valence-electron chi connectivity index (χ0n) is 13.2. The minimum Gasteiger partial charge on any atom is -0.352 e. The van der Waals surface area contributed by atoms with Gasteiger partial charge in [-0.25, -0.2) is 9.37 Å². The number of rotatable bonds is 3. The van der Waals surface area contributed by atoms with Crippen LogP contribution in [-0.2, 0) is 11.0 Å². The number of carbonyl (C=O) groups excluding carboxylic acids is 1. The van der Waals surface area contributed by atoms with E-state index in [9.17, 15) is 22.4 Å². The molecule has 132 valence electrons. The molecule has 1 amide bonds. The molecule has 25 heavy (non-hydrogen) atoms. The Bertz CT molecular complexity index is 758. The van der Waals surface area contributed by atoms with Crippen LogP contribution in [0, 0.1) is 5.82 Å². The lowest BCUT2D eigenvalue weighted by molar-refractivity contribution is -0.141. The average molecular weight is 352 g/mol. The molecule has 2 atom stereocenters. The molecule has 1 saturated heterocycles. The molecule has 1 fully saturated rings. The molecule has 1 aliphatic rings. The van der Waals surface area contributed by atoms with E-state index in [1.807, 2.05) is 0 Å². The normalized spacial score (nSPS) is 19.4. The molecule has 1 aromatic carbocycles. The fraction of sp³-hybridized carbons (Fsp3) is 0.333. The highest BCUT2D eigenvalue weighted by atomic mass is 19.4. The second-order valence-electron chi connectivity index (χ2n) is 6.04. The van der Waals surface area contributed by atoms with E-state index >= 15 is 0 Å². The van der Waals surface area contributed by atoms with Crippen molar-refractivity contribution in [2.45, 2.75) is 37.4 Å². The Kier molecular flexibility index (Phi) is 4.74. The van der Waals surface area contributed by atoms with Crippen LogP contribution in [-0.4, -0.2) is 16.9 Å². The van der Waals surface area contributed by atoms with Crippen LogP contribution in [0.3, 0.4) is 0 Å². The molecule has 3 rings (SSSR count). The number of hydrogen-bond acceptors (Lipinski definition) is 2. The first kappa shape index (κ1) is 17.4. The number of alkyl halides is 3. The monoisotopic (exact) mass is 352 g/mol. The van der Waals surface area contributed by atoms with Gasteiger partial charge >= 0.3 is 6.18 Å². The highest BCUT2D eigenvalue weighted by Crippen LogP contribution is 2.34. The minimum absolute atomic E-state index is 0.143. The highest BCUT2D eigenvalue weighted by molar-refractivity contribution is 5.77. The summed E-state index contributed by atoms with van der Waals surface area (Å²) in [5.74, 6) is -1.16. The molecule has 1 aliphatic heterocycles. The first-order chi connectivity index (χ1) is 11.8. The fourth-order valence-corrected chi connectivity index (χ4v) is 3.15. The Morgan fingerprint density at radius 3 is 2.48 bits per heavy atom. The molecule has 2 heterocycles. The van der Waals surface area contributed by atoms with Crippen molar-refractivity contribution in [1.29, 1.82) is 0 Å². The molecular formula is C18H16F4N2O. The molecule has 0 aliphatic carbocycles. The van der Waals surface area contributed by atoms with Crippen LogP contribution >= 0.6 is 0 Å². The van der Waals surface area contributed by atoms with E-state index in [-0.39, 0.29) is 17.6 Å². The summed E-state index contributed by atoms with van der Waals surface area (Å²) in [4.78, 5) is 15.5. The van der Waals surface area contributed by atoms with Crippen molar-refractivity contribution in [1.82, 2.24) is 10.3 Å². The van der Waals surface area contributed by atoms with Gasteiger partial charge in [-0.1, -0.05) is 18.2 Å². The summed E-state index contributed by atoms with van der Waals surface area (Å²) in [5, 5.41) is 2.83. The van der Waals surface area contributed by atoms with Gasteiger partial charge < -0.3 is 5.32 Å². The van der Waals surface area contributed by atoms with E-state index in [1.165, 1.54) is 36.4 Å². The molecule has 0 bridgehead atoms. The molecular weight excluding hydrogens is 336 g/mol. The van der Waals surface area contributed by atoms with Crippen molar-refractivity contribution < 1.29 is 22.4 Å². The van der Waals surface area contributed by atoms with Crippen molar-refractivity contribution in [3.05, 3.63) is 65.2 Å². The Hall–Kier alpha value is -2.44. The maximum absolute atomic E-state index is 13.2. The highest BCUT2D eigenvalue weighted by Gasteiger charge is 2.35. The Balaban J connectivity index is 2.04. The van der Waals surface area contributed by atoms with Crippen LogP contribution in [0.15, 0.2) is 42.5 Å². The van der Waals surface area contributed by atoms with Gasteiger partial charge in [-0.3, -0.25) is 4.79 Å². The lowest BCUT2D eigenvalue weighted by Gasteiger charge is -2.31. The van der Waals surface area contributed by atoms with Crippen LogP contribution in [0.4, 0.5) is 17.6 Å². The summed E-state index contributed by atoms with van der Waals surface area (Å²) in [6.07, 6.45) is -2.90. The number of carbonyl (C=O) groups is 1. The van der Waals surface area contributed by atoms with E-state index in [0.29, 0.717) is 24.8 Å².